The van der Waals surface area contributed by atoms with Gasteiger partial charge in [0, 0.05) is 11.5 Å². The van der Waals surface area contributed by atoms with Gasteiger partial charge in [-0.05, 0) is 31.2 Å². The Labute approximate surface area is 181 Å². The number of fused-ring (bicyclic) bond motifs is 1. The number of benzene rings is 2. The van der Waals surface area contributed by atoms with Crippen LogP contribution in [-0.2, 0) is 14.7 Å². The second-order valence-electron chi connectivity index (χ2n) is 7.43. The van der Waals surface area contributed by atoms with Gasteiger partial charge in [-0.1, -0.05) is 43.9 Å². The molecule has 3 rings (SSSR count). The third-order valence-corrected chi connectivity index (χ3v) is 8.33. The van der Waals surface area contributed by atoms with E-state index < -0.39 is 37.5 Å². The molecule has 0 aromatic heterocycles. The van der Waals surface area contributed by atoms with E-state index in [1.807, 2.05) is 0 Å². The van der Waals surface area contributed by atoms with E-state index in [-0.39, 0.29) is 28.7 Å². The van der Waals surface area contributed by atoms with Crippen molar-refractivity contribution in [2.75, 3.05) is 12.5 Å². The molecule has 0 fully saturated rings. The Morgan fingerprint density at radius 1 is 1.27 bits per heavy atom. The maximum Gasteiger partial charge on any atom is 0.239 e. The minimum absolute atomic E-state index is 0.00322. The van der Waals surface area contributed by atoms with Gasteiger partial charge in [-0.25, -0.2) is 12.8 Å². The molecule has 0 aliphatic carbocycles. The molecule has 1 aliphatic rings. The van der Waals surface area contributed by atoms with Crippen molar-refractivity contribution in [3.05, 3.63) is 64.6 Å². The number of rotatable bonds is 4. The summed E-state index contributed by atoms with van der Waals surface area (Å²) in [5, 5.41) is 13.2. The molecule has 1 heterocycles. The molecule has 0 radical (unpaired) electrons. The van der Waals surface area contributed by atoms with Crippen LogP contribution in [0.5, 0.6) is 5.75 Å². The lowest BCUT2D eigenvalue weighted by molar-refractivity contribution is -0.931. The maximum absolute atomic E-state index is 14.3. The third kappa shape index (κ3) is 3.38. The zero-order valence-corrected chi connectivity index (χ0v) is 18.5. The van der Waals surface area contributed by atoms with Crippen molar-refractivity contribution in [3.63, 3.8) is 0 Å². The highest BCUT2D eigenvalue weighted by molar-refractivity contribution is 7.92. The monoisotopic (exact) mass is 451 g/mol. The van der Waals surface area contributed by atoms with Gasteiger partial charge in [0.05, 0.1) is 16.3 Å². The van der Waals surface area contributed by atoms with Crippen molar-refractivity contribution >= 4 is 21.4 Å². The molecule has 160 valence electrons. The van der Waals surface area contributed by atoms with Crippen LogP contribution < -0.4 is 9.80 Å². The topological polar surface area (TPSA) is 70.9 Å². The van der Waals surface area contributed by atoms with E-state index in [1.165, 1.54) is 18.2 Å². The quantitative estimate of drug-likeness (QED) is 0.440. The minimum Gasteiger partial charge on any atom is -0.632 e. The number of sulfone groups is 1. The van der Waals surface area contributed by atoms with E-state index in [0.717, 1.165) is 6.07 Å². The number of quaternary nitrogens is 1. The molecule has 1 N–H and O–H groups in total. The number of alkyl halides is 1. The third-order valence-electron chi connectivity index (χ3n) is 5.50. The van der Waals surface area contributed by atoms with E-state index in [9.17, 15) is 18.0 Å². The molecule has 0 saturated heterocycles. The number of nitrogens with one attached hydrogen (secondary N) is 1. The van der Waals surface area contributed by atoms with E-state index >= 15 is 0 Å². The molecular formula is C22H23ClFNO4S. The number of hydrogen-bond donors (Lipinski definition) is 1. The standard InChI is InChI=1S/C22H23ClFNO4S/c1-15(2)22(19-14-17(24)10-11-20(19)29-13-7-6-12-23)25(26)16(3)18-8-4-5-9-21(18)30(22,27)28/h4-5,8-11,14-16,25H,12-13H2,1-3H3. The van der Waals surface area contributed by atoms with Gasteiger partial charge in [0.1, 0.15) is 24.2 Å². The molecule has 2 aromatic rings. The van der Waals surface area contributed by atoms with E-state index in [1.54, 1.807) is 39.0 Å². The van der Waals surface area contributed by atoms with E-state index in [0.29, 0.717) is 5.56 Å². The van der Waals surface area contributed by atoms with Gasteiger partial charge in [0.25, 0.3) is 0 Å². The summed E-state index contributed by atoms with van der Waals surface area (Å²) in [5.74, 6) is 4.23. The molecule has 0 spiro atoms. The summed E-state index contributed by atoms with van der Waals surface area (Å²) < 4.78 is 47.9. The van der Waals surface area contributed by atoms with Crippen molar-refractivity contribution in [2.24, 2.45) is 5.92 Å². The molecule has 3 unspecified atom stereocenters. The summed E-state index contributed by atoms with van der Waals surface area (Å²) in [7, 11) is -4.21. The van der Waals surface area contributed by atoms with Crippen LogP contribution in [0.1, 0.15) is 37.9 Å². The lowest BCUT2D eigenvalue weighted by Crippen LogP contribution is -3.17. The Hall–Kier alpha value is -2.11. The lowest BCUT2D eigenvalue weighted by Gasteiger charge is -2.51. The van der Waals surface area contributed by atoms with Gasteiger partial charge in [0.2, 0.25) is 14.7 Å². The predicted molar refractivity (Wildman–Crippen MR) is 113 cm³/mol. The van der Waals surface area contributed by atoms with Gasteiger partial charge in [-0.15, -0.1) is 11.6 Å². The number of hydrogen-bond acceptors (Lipinski definition) is 4. The average molecular weight is 452 g/mol. The number of ether oxygens (including phenoxy) is 1. The zero-order chi connectivity index (χ0) is 22.1. The molecule has 0 bridgehead atoms. The minimum atomic E-state index is -4.21. The van der Waals surface area contributed by atoms with Crippen LogP contribution in [-0.4, -0.2) is 20.9 Å². The number of hydroxylamine groups is 2. The summed E-state index contributed by atoms with van der Waals surface area (Å²) >= 11 is 5.54. The first-order chi connectivity index (χ1) is 14.2. The summed E-state index contributed by atoms with van der Waals surface area (Å²) in [6, 6.07) is 9.37. The summed E-state index contributed by atoms with van der Waals surface area (Å²) in [6.07, 6.45) is 0. The highest BCUT2D eigenvalue weighted by Gasteiger charge is 2.61. The first-order valence-corrected chi connectivity index (χ1v) is 11.5. The Morgan fingerprint density at radius 2 is 1.97 bits per heavy atom. The molecule has 30 heavy (non-hydrogen) atoms. The van der Waals surface area contributed by atoms with Gasteiger partial charge in [-0.2, -0.15) is 0 Å². The number of halogens is 2. The summed E-state index contributed by atoms with van der Waals surface area (Å²) in [4.78, 5) is -1.90. The van der Waals surface area contributed by atoms with Crippen molar-refractivity contribution in [1.82, 2.24) is 0 Å². The van der Waals surface area contributed by atoms with Crippen LogP contribution in [0.25, 0.3) is 0 Å². The van der Waals surface area contributed by atoms with Gasteiger partial charge >= 0.3 is 0 Å². The Morgan fingerprint density at radius 3 is 2.63 bits per heavy atom. The maximum atomic E-state index is 14.3. The predicted octanol–water partition coefficient (Wildman–Crippen LogP) is 3.19. The van der Waals surface area contributed by atoms with E-state index in [2.05, 4.69) is 11.8 Å². The van der Waals surface area contributed by atoms with Crippen LogP contribution in [0.2, 0.25) is 0 Å². The smallest absolute Gasteiger partial charge is 0.239 e. The van der Waals surface area contributed by atoms with Crippen LogP contribution in [0.3, 0.4) is 0 Å². The summed E-state index contributed by atoms with van der Waals surface area (Å²) in [6.45, 7) is 4.91. The SMILES string of the molecule is CC1c2ccccc2S(=O)(=O)C(c2cc(F)ccc2OCC#CCCl)(C(C)C)[NH+]1[O-]. The highest BCUT2D eigenvalue weighted by atomic mass is 35.5. The van der Waals surface area contributed by atoms with E-state index in [4.69, 9.17) is 16.3 Å². The molecule has 1 aliphatic heterocycles. The zero-order valence-electron chi connectivity index (χ0n) is 16.9. The highest BCUT2D eigenvalue weighted by Crippen LogP contribution is 2.46. The van der Waals surface area contributed by atoms with Crippen LogP contribution >= 0.6 is 11.6 Å². The van der Waals surface area contributed by atoms with Crippen LogP contribution in [0.15, 0.2) is 47.4 Å². The molecule has 2 aromatic carbocycles. The first kappa shape index (κ1) is 22.6. The molecule has 5 nitrogen and oxygen atoms in total. The van der Waals surface area contributed by atoms with Crippen molar-refractivity contribution in [1.29, 1.82) is 0 Å². The first-order valence-electron chi connectivity index (χ1n) is 9.52. The molecule has 8 heteroatoms. The van der Waals surface area contributed by atoms with Crippen LogP contribution in [0, 0.1) is 28.8 Å². The van der Waals surface area contributed by atoms with Crippen molar-refractivity contribution < 1.29 is 22.6 Å². The van der Waals surface area contributed by atoms with Crippen molar-refractivity contribution in [2.45, 2.75) is 36.6 Å². The van der Waals surface area contributed by atoms with Crippen LogP contribution in [0.4, 0.5) is 4.39 Å². The average Bonchev–Trinajstić information content (AvgIpc) is 2.71. The normalized spacial score (nSPS) is 24.6. The largest absolute Gasteiger partial charge is 0.632 e. The second-order valence-corrected chi connectivity index (χ2v) is 9.79. The van der Waals surface area contributed by atoms with Gasteiger partial charge < -0.3 is 15.0 Å². The molecule has 3 atom stereocenters. The second kappa shape index (κ2) is 8.56. The van der Waals surface area contributed by atoms with Gasteiger partial charge in [0.15, 0.2) is 0 Å². The fourth-order valence-corrected chi connectivity index (χ4v) is 6.93. The van der Waals surface area contributed by atoms with Crippen molar-refractivity contribution in [3.8, 4) is 17.6 Å². The molecule has 0 saturated carbocycles. The Kier molecular flexibility index (Phi) is 6.44. The Bertz CT molecular complexity index is 1110. The van der Waals surface area contributed by atoms with Gasteiger partial charge in [-0.3, -0.25) is 0 Å². The molecule has 0 amide bonds. The summed E-state index contributed by atoms with van der Waals surface area (Å²) in [5.41, 5.74) is 0.446. The Balaban J connectivity index is 2.32. The fourth-order valence-electron chi connectivity index (χ4n) is 4.17. The molecular weight excluding hydrogens is 429 g/mol. The lowest BCUT2D eigenvalue weighted by atomic mass is 9.91. The fraction of sp³-hybridized carbons (Fsp3) is 0.364.